The van der Waals surface area contributed by atoms with E-state index in [2.05, 4.69) is 4.98 Å². The van der Waals surface area contributed by atoms with E-state index in [-0.39, 0.29) is 6.61 Å². The number of hydrogen-bond acceptors (Lipinski definition) is 5. The van der Waals surface area contributed by atoms with Crippen molar-refractivity contribution in [2.45, 2.75) is 20.1 Å². The minimum Gasteiger partial charge on any atom is -0.497 e. The van der Waals surface area contributed by atoms with Crippen molar-refractivity contribution in [2.75, 3.05) is 7.11 Å². The van der Waals surface area contributed by atoms with E-state index in [9.17, 15) is 5.11 Å². The van der Waals surface area contributed by atoms with Gasteiger partial charge in [0.2, 0.25) is 0 Å². The predicted molar refractivity (Wildman–Crippen MR) is 70.1 cm³/mol. The van der Waals surface area contributed by atoms with E-state index >= 15 is 0 Å². The molecule has 0 saturated carbocycles. The van der Waals surface area contributed by atoms with Crippen LogP contribution in [0.4, 0.5) is 0 Å². The number of aryl methyl sites for hydroxylation is 1. The van der Waals surface area contributed by atoms with Gasteiger partial charge >= 0.3 is 0 Å². The molecule has 5 heteroatoms. The van der Waals surface area contributed by atoms with E-state index < -0.39 is 0 Å². The zero-order chi connectivity index (χ0) is 13.0. The number of hydrogen-bond donors (Lipinski definition) is 1. The number of aliphatic hydroxyl groups excluding tert-OH is 1. The van der Waals surface area contributed by atoms with Crippen molar-refractivity contribution in [3.63, 3.8) is 0 Å². The lowest BCUT2D eigenvalue weighted by atomic mass is 10.2. The van der Waals surface area contributed by atoms with Gasteiger partial charge in [0.05, 0.1) is 24.4 Å². The maximum absolute atomic E-state index is 9.25. The van der Waals surface area contributed by atoms with E-state index in [0.29, 0.717) is 18.1 Å². The molecular formula is C13H15NO3S. The first-order chi connectivity index (χ1) is 8.72. The monoisotopic (exact) mass is 265 g/mol. The maximum Gasteiger partial charge on any atom is 0.131 e. The molecule has 0 atom stereocenters. The molecule has 1 heterocycles. The summed E-state index contributed by atoms with van der Waals surface area (Å²) in [5.41, 5.74) is 1.63. The molecule has 0 radical (unpaired) electrons. The summed E-state index contributed by atoms with van der Waals surface area (Å²) in [6, 6.07) is 5.36. The number of benzene rings is 1. The summed E-state index contributed by atoms with van der Waals surface area (Å²) in [4.78, 5) is 4.32. The molecule has 0 bridgehead atoms. The van der Waals surface area contributed by atoms with Crippen LogP contribution < -0.4 is 9.47 Å². The Morgan fingerprint density at radius 2 is 2.22 bits per heavy atom. The predicted octanol–water partition coefficient (Wildman–Crippen LogP) is 2.53. The van der Waals surface area contributed by atoms with Crippen LogP contribution in [-0.4, -0.2) is 17.2 Å². The van der Waals surface area contributed by atoms with Gasteiger partial charge in [-0.3, -0.25) is 0 Å². The van der Waals surface area contributed by atoms with Crippen molar-refractivity contribution in [2.24, 2.45) is 0 Å². The second-order valence-electron chi connectivity index (χ2n) is 3.78. The Bertz CT molecular complexity index is 525. The highest BCUT2D eigenvalue weighted by Crippen LogP contribution is 2.25. The van der Waals surface area contributed by atoms with Gasteiger partial charge in [-0.15, -0.1) is 11.3 Å². The first-order valence-corrected chi connectivity index (χ1v) is 6.42. The number of aliphatic hydroxyl groups is 1. The fourth-order valence-corrected chi connectivity index (χ4v) is 2.15. The smallest absolute Gasteiger partial charge is 0.131 e. The number of ether oxygens (including phenoxy) is 2. The number of aromatic nitrogens is 1. The van der Waals surface area contributed by atoms with Gasteiger partial charge < -0.3 is 14.6 Å². The molecule has 0 aliphatic carbocycles. The number of nitrogens with zero attached hydrogens (tertiary/aromatic N) is 1. The van der Waals surface area contributed by atoms with Crippen LogP contribution in [0.5, 0.6) is 11.5 Å². The van der Waals surface area contributed by atoms with Crippen molar-refractivity contribution in [3.05, 3.63) is 39.8 Å². The fraction of sp³-hybridized carbons (Fsp3) is 0.308. The van der Waals surface area contributed by atoms with Crippen LogP contribution >= 0.6 is 11.3 Å². The van der Waals surface area contributed by atoms with Crippen molar-refractivity contribution in [1.82, 2.24) is 4.98 Å². The van der Waals surface area contributed by atoms with Gasteiger partial charge in [-0.2, -0.15) is 0 Å². The second kappa shape index (κ2) is 5.84. The molecule has 18 heavy (non-hydrogen) atoms. The third-order valence-electron chi connectivity index (χ3n) is 2.49. The second-order valence-corrected chi connectivity index (χ2v) is 4.84. The van der Waals surface area contributed by atoms with Crippen LogP contribution in [0.25, 0.3) is 0 Å². The van der Waals surface area contributed by atoms with Crippen LogP contribution in [-0.2, 0) is 13.2 Å². The standard InChI is InChI=1S/C13H15NO3S/c1-9-14-11(8-18-9)7-17-13-5-12(16-2)4-3-10(13)6-15/h3-5,8,15H,6-7H2,1-2H3. The highest BCUT2D eigenvalue weighted by atomic mass is 32.1. The molecular weight excluding hydrogens is 250 g/mol. The third kappa shape index (κ3) is 3.00. The molecule has 0 aliphatic rings. The average molecular weight is 265 g/mol. The molecule has 1 aromatic carbocycles. The van der Waals surface area contributed by atoms with Crippen LogP contribution in [0.3, 0.4) is 0 Å². The highest BCUT2D eigenvalue weighted by molar-refractivity contribution is 7.09. The molecule has 0 saturated heterocycles. The number of rotatable bonds is 5. The molecule has 0 unspecified atom stereocenters. The van der Waals surface area contributed by atoms with Gasteiger partial charge in [-0.1, -0.05) is 0 Å². The topological polar surface area (TPSA) is 51.6 Å². The van der Waals surface area contributed by atoms with E-state index in [0.717, 1.165) is 16.3 Å². The van der Waals surface area contributed by atoms with E-state index in [1.165, 1.54) is 0 Å². The lowest BCUT2D eigenvalue weighted by Crippen LogP contribution is -1.99. The summed E-state index contributed by atoms with van der Waals surface area (Å²) in [7, 11) is 1.60. The SMILES string of the molecule is COc1ccc(CO)c(OCc2csc(C)n2)c1. The minimum atomic E-state index is -0.0601. The van der Waals surface area contributed by atoms with E-state index in [4.69, 9.17) is 9.47 Å². The van der Waals surface area contributed by atoms with Crippen molar-refractivity contribution >= 4 is 11.3 Å². The minimum absolute atomic E-state index is 0.0601. The molecule has 0 amide bonds. The molecule has 96 valence electrons. The Morgan fingerprint density at radius 1 is 1.39 bits per heavy atom. The largest absolute Gasteiger partial charge is 0.497 e. The molecule has 1 aromatic heterocycles. The quantitative estimate of drug-likeness (QED) is 0.902. The summed E-state index contributed by atoms with van der Waals surface area (Å²) in [6.07, 6.45) is 0. The molecule has 2 aromatic rings. The van der Waals surface area contributed by atoms with Gasteiger partial charge in [0.15, 0.2) is 0 Å². The normalized spacial score (nSPS) is 10.4. The Kier molecular flexibility index (Phi) is 4.17. The molecule has 0 spiro atoms. The lowest BCUT2D eigenvalue weighted by molar-refractivity contribution is 0.256. The Labute approximate surface area is 110 Å². The van der Waals surface area contributed by atoms with Gasteiger partial charge in [-0.25, -0.2) is 4.98 Å². The van der Waals surface area contributed by atoms with E-state index in [1.54, 1.807) is 36.6 Å². The van der Waals surface area contributed by atoms with Crippen LogP contribution in [0.2, 0.25) is 0 Å². The van der Waals surface area contributed by atoms with Gasteiger partial charge in [0, 0.05) is 17.0 Å². The summed E-state index contributed by atoms with van der Waals surface area (Å²) in [5, 5.41) is 12.2. The van der Waals surface area contributed by atoms with E-state index in [1.807, 2.05) is 12.3 Å². The maximum atomic E-state index is 9.25. The number of methoxy groups -OCH3 is 1. The van der Waals surface area contributed by atoms with Gasteiger partial charge in [0.25, 0.3) is 0 Å². The zero-order valence-electron chi connectivity index (χ0n) is 10.3. The van der Waals surface area contributed by atoms with Gasteiger partial charge in [0.1, 0.15) is 18.1 Å². The Balaban J connectivity index is 2.11. The lowest BCUT2D eigenvalue weighted by Gasteiger charge is -2.10. The number of thiazole rings is 1. The molecule has 4 nitrogen and oxygen atoms in total. The Hall–Kier alpha value is -1.59. The van der Waals surface area contributed by atoms with Crippen molar-refractivity contribution in [1.29, 1.82) is 0 Å². The summed E-state index contributed by atoms with van der Waals surface area (Å²) < 4.78 is 10.8. The summed E-state index contributed by atoms with van der Waals surface area (Å²) >= 11 is 1.59. The van der Waals surface area contributed by atoms with Crippen LogP contribution in [0.1, 0.15) is 16.3 Å². The zero-order valence-corrected chi connectivity index (χ0v) is 11.2. The van der Waals surface area contributed by atoms with Crippen molar-refractivity contribution < 1.29 is 14.6 Å². The van der Waals surface area contributed by atoms with Crippen molar-refractivity contribution in [3.8, 4) is 11.5 Å². The fourth-order valence-electron chi connectivity index (χ4n) is 1.55. The van der Waals surface area contributed by atoms with Crippen LogP contribution in [0, 0.1) is 6.92 Å². The first kappa shape index (κ1) is 12.9. The summed E-state index contributed by atoms with van der Waals surface area (Å²) in [5.74, 6) is 1.33. The molecule has 1 N–H and O–H groups in total. The third-order valence-corrected chi connectivity index (χ3v) is 3.31. The molecule has 0 fully saturated rings. The van der Waals surface area contributed by atoms with Crippen LogP contribution in [0.15, 0.2) is 23.6 Å². The summed E-state index contributed by atoms with van der Waals surface area (Å²) in [6.45, 7) is 2.29. The van der Waals surface area contributed by atoms with Gasteiger partial charge in [-0.05, 0) is 19.1 Å². The Morgan fingerprint density at radius 3 is 2.83 bits per heavy atom. The molecule has 2 rings (SSSR count). The highest BCUT2D eigenvalue weighted by Gasteiger charge is 2.06. The average Bonchev–Trinajstić information content (AvgIpc) is 2.81. The first-order valence-electron chi connectivity index (χ1n) is 5.54. The molecule has 0 aliphatic heterocycles.